The Morgan fingerprint density at radius 1 is 1.29 bits per heavy atom. The van der Waals surface area contributed by atoms with Gasteiger partial charge < -0.3 is 0 Å². The van der Waals surface area contributed by atoms with Crippen LogP contribution in [0.1, 0.15) is 13.8 Å². The fourth-order valence-electron chi connectivity index (χ4n) is 0.224. The molecule has 0 fully saturated rings. The smallest absolute Gasteiger partial charge is 0.0119 e. The minimum Gasteiger partial charge on any atom is -0.243 e. The van der Waals surface area contributed by atoms with Crippen LogP contribution in [0.4, 0.5) is 0 Å². The van der Waals surface area contributed by atoms with E-state index in [-0.39, 0.29) is 9.90 Å². The van der Waals surface area contributed by atoms with E-state index in [9.17, 15) is 0 Å². The predicted octanol–water partition coefficient (Wildman–Crippen LogP) is 1.70. The second-order valence-electron chi connectivity index (χ2n) is 1.10. The Bertz CT molecular complexity index is 30.9. The molecular weight excluding hydrogens is 173 g/mol. The Kier molecular flexibility index (Phi) is 10.6. The van der Waals surface area contributed by atoms with Gasteiger partial charge in [-0.15, -0.1) is 0 Å². The number of nitrogens with zero attached hydrogens (tertiary/aromatic N) is 1. The molecule has 3 heteroatoms. The summed E-state index contributed by atoms with van der Waals surface area (Å²) in [4.78, 5) is 0. The molecule has 0 rings (SSSR count). The molecule has 0 amide bonds. The van der Waals surface area contributed by atoms with Crippen LogP contribution in [-0.2, 0) is 0 Å². The maximum Gasteiger partial charge on any atom is 0.0119 e. The lowest BCUT2D eigenvalue weighted by atomic mass is 10.7. The van der Waals surface area contributed by atoms with Gasteiger partial charge >= 0.3 is 0 Å². The summed E-state index contributed by atoms with van der Waals surface area (Å²) >= 11 is 3.31. The van der Waals surface area contributed by atoms with E-state index in [1.54, 1.807) is 0 Å². The van der Waals surface area contributed by atoms with Gasteiger partial charge in [0, 0.05) is 29.2 Å². The fraction of sp³-hybridized carbons (Fsp3) is 1.00. The lowest BCUT2D eigenvalue weighted by Gasteiger charge is -2.03. The SMILES string of the molecule is CCN(Br)CC.P. The topological polar surface area (TPSA) is 3.24 Å². The van der Waals surface area contributed by atoms with Crippen molar-refractivity contribution in [3.05, 3.63) is 0 Å². The molecule has 7 heavy (non-hydrogen) atoms. The first kappa shape index (κ1) is 10.8. The molecule has 0 saturated heterocycles. The standard InChI is InChI=1S/C4H10BrN.H3P/c1-3-6(5)4-2;/h3-4H2,1-2H3;1H3. The van der Waals surface area contributed by atoms with Gasteiger partial charge in [-0.2, -0.15) is 9.90 Å². The van der Waals surface area contributed by atoms with Crippen molar-refractivity contribution in [3.63, 3.8) is 0 Å². The molecule has 1 unspecified atom stereocenters. The van der Waals surface area contributed by atoms with Gasteiger partial charge in [0.05, 0.1) is 0 Å². The van der Waals surface area contributed by atoms with Crippen LogP contribution in [0.3, 0.4) is 0 Å². The van der Waals surface area contributed by atoms with Crippen LogP contribution in [0, 0.1) is 0 Å². The third-order valence-electron chi connectivity index (χ3n) is 0.686. The quantitative estimate of drug-likeness (QED) is 0.468. The zero-order valence-electron chi connectivity index (χ0n) is 4.95. The second kappa shape index (κ2) is 6.87. The zero-order valence-corrected chi connectivity index (χ0v) is 7.95. The van der Waals surface area contributed by atoms with Gasteiger partial charge in [0.25, 0.3) is 0 Å². The predicted molar refractivity (Wildman–Crippen MR) is 43.0 cm³/mol. The lowest BCUT2D eigenvalue weighted by Crippen LogP contribution is -2.07. The Labute approximate surface area is 57.4 Å². The Balaban J connectivity index is 0. The van der Waals surface area contributed by atoms with Gasteiger partial charge in [-0.1, -0.05) is 13.8 Å². The molecule has 0 aliphatic rings. The minimum atomic E-state index is 0. The monoisotopic (exact) mass is 185 g/mol. The molecular formula is C4H13BrNP. The molecule has 0 N–H and O–H groups in total. The minimum absolute atomic E-state index is 0. The summed E-state index contributed by atoms with van der Waals surface area (Å²) in [6, 6.07) is 0. The summed E-state index contributed by atoms with van der Waals surface area (Å²) in [5.41, 5.74) is 0. The van der Waals surface area contributed by atoms with E-state index in [1.165, 1.54) is 0 Å². The summed E-state index contributed by atoms with van der Waals surface area (Å²) in [6.07, 6.45) is 0. The molecule has 0 heterocycles. The summed E-state index contributed by atoms with van der Waals surface area (Å²) in [5.74, 6) is 0. The average molecular weight is 186 g/mol. The summed E-state index contributed by atoms with van der Waals surface area (Å²) < 4.78 is 2.06. The average Bonchev–Trinajstić information content (AvgIpc) is 1.65. The maximum absolute atomic E-state index is 3.31. The van der Waals surface area contributed by atoms with E-state index in [1.807, 2.05) is 0 Å². The van der Waals surface area contributed by atoms with Crippen molar-refractivity contribution < 1.29 is 0 Å². The van der Waals surface area contributed by atoms with E-state index < -0.39 is 0 Å². The number of hydrogen-bond donors (Lipinski definition) is 0. The Hall–Kier alpha value is 0.870. The molecule has 0 radical (unpaired) electrons. The first-order valence-corrected chi connectivity index (χ1v) is 2.92. The second-order valence-corrected chi connectivity index (χ2v) is 2.10. The molecule has 0 aromatic heterocycles. The highest BCUT2D eigenvalue weighted by Crippen LogP contribution is 1.91. The molecule has 0 aliphatic carbocycles. The molecule has 0 aromatic rings. The van der Waals surface area contributed by atoms with E-state index in [2.05, 4.69) is 33.9 Å². The van der Waals surface area contributed by atoms with Crippen molar-refractivity contribution in [2.75, 3.05) is 13.1 Å². The largest absolute Gasteiger partial charge is 0.243 e. The van der Waals surface area contributed by atoms with Crippen molar-refractivity contribution in [2.45, 2.75) is 13.8 Å². The van der Waals surface area contributed by atoms with Crippen molar-refractivity contribution in [1.29, 1.82) is 0 Å². The highest BCUT2D eigenvalue weighted by Gasteiger charge is 1.84. The first-order chi connectivity index (χ1) is 2.81. The van der Waals surface area contributed by atoms with Gasteiger partial charge in [-0.25, -0.2) is 3.93 Å². The molecule has 0 aromatic carbocycles. The van der Waals surface area contributed by atoms with Crippen LogP contribution < -0.4 is 0 Å². The number of halogens is 1. The van der Waals surface area contributed by atoms with Gasteiger partial charge in [0.15, 0.2) is 0 Å². The molecule has 1 nitrogen and oxygen atoms in total. The molecule has 0 saturated carbocycles. The molecule has 0 aliphatic heterocycles. The fourth-order valence-corrected chi connectivity index (χ4v) is 0.224. The molecule has 1 atom stereocenters. The first-order valence-electron chi connectivity index (χ1n) is 2.22. The molecule has 46 valence electrons. The van der Waals surface area contributed by atoms with Gasteiger partial charge in [0.1, 0.15) is 0 Å². The van der Waals surface area contributed by atoms with E-state index in [4.69, 9.17) is 0 Å². The van der Waals surface area contributed by atoms with Gasteiger partial charge in [-0.05, 0) is 0 Å². The van der Waals surface area contributed by atoms with Crippen LogP contribution in [0.15, 0.2) is 0 Å². The van der Waals surface area contributed by atoms with Crippen LogP contribution in [0.2, 0.25) is 0 Å². The molecule has 0 bridgehead atoms. The van der Waals surface area contributed by atoms with Crippen molar-refractivity contribution >= 4 is 26.0 Å². The zero-order chi connectivity index (χ0) is 4.99. The van der Waals surface area contributed by atoms with Gasteiger partial charge in [-0.3, -0.25) is 0 Å². The van der Waals surface area contributed by atoms with Gasteiger partial charge in [0.2, 0.25) is 0 Å². The lowest BCUT2D eigenvalue weighted by molar-refractivity contribution is 0.544. The van der Waals surface area contributed by atoms with Crippen molar-refractivity contribution in [2.24, 2.45) is 0 Å². The summed E-state index contributed by atoms with van der Waals surface area (Å²) in [5, 5.41) is 0. The highest BCUT2D eigenvalue weighted by atomic mass is 79.9. The van der Waals surface area contributed by atoms with Crippen molar-refractivity contribution in [1.82, 2.24) is 3.93 Å². The van der Waals surface area contributed by atoms with Crippen LogP contribution in [0.5, 0.6) is 0 Å². The normalized spacial score (nSPS) is 8.57. The Morgan fingerprint density at radius 3 is 1.57 bits per heavy atom. The van der Waals surface area contributed by atoms with Crippen LogP contribution >= 0.6 is 26.0 Å². The summed E-state index contributed by atoms with van der Waals surface area (Å²) in [6.45, 7) is 6.38. The van der Waals surface area contributed by atoms with E-state index in [0.717, 1.165) is 13.1 Å². The summed E-state index contributed by atoms with van der Waals surface area (Å²) in [7, 11) is 0. The van der Waals surface area contributed by atoms with E-state index >= 15 is 0 Å². The Morgan fingerprint density at radius 2 is 1.57 bits per heavy atom. The third-order valence-corrected chi connectivity index (χ3v) is 1.69. The number of rotatable bonds is 2. The maximum atomic E-state index is 3.31. The van der Waals surface area contributed by atoms with Crippen molar-refractivity contribution in [3.8, 4) is 0 Å². The number of hydrogen-bond acceptors (Lipinski definition) is 1. The third kappa shape index (κ3) is 6.87. The molecule has 0 spiro atoms. The van der Waals surface area contributed by atoms with Crippen LogP contribution in [-0.4, -0.2) is 17.0 Å². The van der Waals surface area contributed by atoms with Crippen LogP contribution in [0.25, 0.3) is 0 Å². The van der Waals surface area contributed by atoms with E-state index in [0.29, 0.717) is 0 Å². The highest BCUT2D eigenvalue weighted by molar-refractivity contribution is 9.07.